The van der Waals surface area contributed by atoms with Gasteiger partial charge in [0.05, 0.1) is 0 Å². The van der Waals surface area contributed by atoms with E-state index in [2.05, 4.69) is 6.92 Å². The van der Waals surface area contributed by atoms with Crippen molar-refractivity contribution < 1.29 is 18.1 Å². The van der Waals surface area contributed by atoms with Crippen molar-refractivity contribution in [3.8, 4) is 0 Å². The normalized spacial score (nSPS) is 12.6. The van der Waals surface area contributed by atoms with Crippen molar-refractivity contribution in [2.75, 3.05) is 13.2 Å². The van der Waals surface area contributed by atoms with Crippen molar-refractivity contribution in [2.24, 2.45) is 0 Å². The van der Waals surface area contributed by atoms with Crippen LogP contribution in [0.15, 0.2) is 11.6 Å². The second kappa shape index (κ2) is 8.44. The van der Waals surface area contributed by atoms with Gasteiger partial charge in [0.25, 0.3) is 0 Å². The summed E-state index contributed by atoms with van der Waals surface area (Å²) in [6.07, 6.45) is 3.77. The quantitative estimate of drug-likeness (QED) is 0.497. The average molecular weight is 260 g/mol. The van der Waals surface area contributed by atoms with Crippen LogP contribution < -0.4 is 0 Å². The molecule has 100 valence electrons. The smallest absolute Gasteiger partial charge is 0.470 e. The maximum absolute atomic E-state index is 11.8. The van der Waals surface area contributed by atoms with Gasteiger partial charge in [-0.3, -0.25) is 0 Å². The van der Waals surface area contributed by atoms with E-state index in [0.29, 0.717) is 18.8 Å². The fourth-order valence-corrected chi connectivity index (χ4v) is 3.07. The maximum atomic E-state index is 11.8. The zero-order chi connectivity index (χ0) is 13.3. The first-order valence-corrected chi connectivity index (χ1v) is 8.39. The zero-order valence-corrected chi connectivity index (χ0v) is 12.5. The number of hydrogen-bond donors (Lipinski definition) is 0. The lowest BCUT2D eigenvalue weighted by atomic mass is 10.2. The summed E-state index contributed by atoms with van der Waals surface area (Å²) in [6, 6.07) is 0. The lowest BCUT2D eigenvalue weighted by Gasteiger charge is -2.24. The molecule has 0 aromatic carbocycles. The molecule has 5 heteroatoms. The fraction of sp³-hybridized carbons (Fsp3) is 0.750. The minimum absolute atomic E-state index is 0.338. The van der Waals surface area contributed by atoms with Gasteiger partial charge < -0.3 is 13.3 Å². The number of rotatable bonds is 8. The van der Waals surface area contributed by atoms with E-state index >= 15 is 0 Å². The molecule has 0 saturated carbocycles. The van der Waals surface area contributed by atoms with Crippen LogP contribution in [0, 0.1) is 0 Å². The van der Waals surface area contributed by atoms with Crippen molar-refractivity contribution in [3.63, 3.8) is 0 Å². The fourth-order valence-electron chi connectivity index (χ4n) is 1.32. The number of carbonyl (C=O) groups is 1. The maximum Gasteiger partial charge on any atom is 0.564 e. The highest BCUT2D eigenvalue weighted by atomic mass is 28.4. The first-order chi connectivity index (χ1) is 7.99. The summed E-state index contributed by atoms with van der Waals surface area (Å²) in [5.74, 6) is -0.338. The Morgan fingerprint density at radius 2 is 1.71 bits per heavy atom. The van der Waals surface area contributed by atoms with Crippen molar-refractivity contribution in [1.82, 2.24) is 0 Å². The average Bonchev–Trinajstić information content (AvgIpc) is 2.26. The highest BCUT2D eigenvalue weighted by Crippen LogP contribution is 2.12. The van der Waals surface area contributed by atoms with Crippen LogP contribution in [0.4, 0.5) is 0 Å². The van der Waals surface area contributed by atoms with Crippen molar-refractivity contribution in [3.05, 3.63) is 11.6 Å². The molecule has 0 aliphatic carbocycles. The molecule has 0 aromatic heterocycles. The van der Waals surface area contributed by atoms with E-state index in [-0.39, 0.29) is 5.97 Å². The van der Waals surface area contributed by atoms with Crippen LogP contribution in [0.3, 0.4) is 0 Å². The summed E-state index contributed by atoms with van der Waals surface area (Å²) >= 11 is 0. The molecule has 0 aliphatic rings. The molecule has 4 nitrogen and oxygen atoms in total. The lowest BCUT2D eigenvalue weighted by Crippen LogP contribution is -2.44. The third-order valence-corrected chi connectivity index (χ3v) is 4.33. The summed E-state index contributed by atoms with van der Waals surface area (Å²) in [4.78, 5) is 11.8. The van der Waals surface area contributed by atoms with E-state index in [9.17, 15) is 4.79 Å². The summed E-state index contributed by atoms with van der Waals surface area (Å²) in [5, 5.41) is 0. The van der Waals surface area contributed by atoms with Gasteiger partial charge in [0.15, 0.2) is 0 Å². The van der Waals surface area contributed by atoms with E-state index in [1.54, 1.807) is 13.5 Å². The predicted octanol–water partition coefficient (Wildman–Crippen LogP) is 2.92. The van der Waals surface area contributed by atoms with Crippen molar-refractivity contribution in [1.29, 1.82) is 0 Å². The van der Waals surface area contributed by atoms with Crippen LogP contribution >= 0.6 is 0 Å². The van der Waals surface area contributed by atoms with Gasteiger partial charge in [-0.05, 0) is 27.2 Å². The Morgan fingerprint density at radius 3 is 2.12 bits per heavy atom. The first-order valence-electron chi connectivity index (χ1n) is 6.17. The van der Waals surface area contributed by atoms with Gasteiger partial charge in [-0.25, -0.2) is 4.79 Å². The zero-order valence-electron chi connectivity index (χ0n) is 11.5. The molecule has 0 fully saturated rings. The second-order valence-electron chi connectivity index (χ2n) is 3.79. The molecule has 0 aliphatic heterocycles. The second-order valence-corrected chi connectivity index (χ2v) is 6.30. The SMILES string of the molecule is CCCC=C(C)C(=O)O[Si](C)(OCC)OCC. The van der Waals surface area contributed by atoms with Crippen molar-refractivity contribution in [2.45, 2.75) is 47.1 Å². The van der Waals surface area contributed by atoms with Gasteiger partial charge in [0, 0.05) is 25.3 Å². The molecule has 0 aromatic rings. The number of carbonyl (C=O) groups excluding carboxylic acids is 1. The van der Waals surface area contributed by atoms with Gasteiger partial charge in [-0.15, -0.1) is 0 Å². The van der Waals surface area contributed by atoms with Crippen LogP contribution in [0.25, 0.3) is 0 Å². The minimum Gasteiger partial charge on any atom is -0.470 e. The molecular formula is C12H24O4Si. The van der Waals surface area contributed by atoms with E-state index in [0.717, 1.165) is 12.8 Å². The Balaban J connectivity index is 4.49. The summed E-state index contributed by atoms with van der Waals surface area (Å²) in [5.41, 5.74) is 0.616. The van der Waals surface area contributed by atoms with Gasteiger partial charge >= 0.3 is 14.8 Å². The number of allylic oxidation sites excluding steroid dienone is 1. The highest BCUT2D eigenvalue weighted by Gasteiger charge is 2.38. The van der Waals surface area contributed by atoms with Crippen LogP contribution in [-0.4, -0.2) is 28.0 Å². The minimum atomic E-state index is -2.80. The Bertz CT molecular complexity index is 257. The molecule has 0 saturated heterocycles. The van der Waals surface area contributed by atoms with E-state index in [1.807, 2.05) is 19.9 Å². The summed E-state index contributed by atoms with van der Waals surface area (Å²) < 4.78 is 16.2. The number of hydrogen-bond acceptors (Lipinski definition) is 4. The third-order valence-electron chi connectivity index (χ3n) is 2.15. The molecule has 0 N–H and O–H groups in total. The van der Waals surface area contributed by atoms with Gasteiger partial charge in [-0.2, -0.15) is 0 Å². The molecule has 17 heavy (non-hydrogen) atoms. The molecule has 0 rings (SSSR count). The molecule has 0 amide bonds. The molecule has 0 atom stereocenters. The third kappa shape index (κ3) is 6.60. The monoisotopic (exact) mass is 260 g/mol. The molecular weight excluding hydrogens is 236 g/mol. The molecule has 0 heterocycles. The predicted molar refractivity (Wildman–Crippen MR) is 69.6 cm³/mol. The topological polar surface area (TPSA) is 44.8 Å². The van der Waals surface area contributed by atoms with Crippen molar-refractivity contribution >= 4 is 14.8 Å². The Labute approximate surface area is 105 Å². The Hall–Kier alpha value is -0.653. The highest BCUT2D eigenvalue weighted by molar-refractivity contribution is 6.61. The van der Waals surface area contributed by atoms with Crippen LogP contribution in [-0.2, 0) is 18.1 Å². The van der Waals surface area contributed by atoms with Gasteiger partial charge in [0.1, 0.15) is 0 Å². The first kappa shape index (κ1) is 16.3. The standard InChI is InChI=1S/C12H24O4Si/c1-6-9-10-11(4)12(13)16-17(5,14-7-2)15-8-3/h10H,6-9H2,1-5H3. The van der Waals surface area contributed by atoms with Gasteiger partial charge in [-0.1, -0.05) is 19.4 Å². The van der Waals surface area contributed by atoms with Gasteiger partial charge in [0.2, 0.25) is 0 Å². The Morgan fingerprint density at radius 1 is 1.18 bits per heavy atom. The largest absolute Gasteiger partial charge is 0.564 e. The Kier molecular flexibility index (Phi) is 8.12. The summed E-state index contributed by atoms with van der Waals surface area (Å²) in [7, 11) is -2.80. The molecule has 0 radical (unpaired) electrons. The van der Waals surface area contributed by atoms with Crippen LogP contribution in [0.5, 0.6) is 0 Å². The van der Waals surface area contributed by atoms with E-state index < -0.39 is 8.80 Å². The summed E-state index contributed by atoms with van der Waals surface area (Å²) in [6.45, 7) is 10.2. The van der Waals surface area contributed by atoms with Crippen LogP contribution in [0.1, 0.15) is 40.5 Å². The lowest BCUT2D eigenvalue weighted by molar-refractivity contribution is -0.134. The molecule has 0 bridgehead atoms. The number of unbranched alkanes of at least 4 members (excludes halogenated alkanes) is 1. The van der Waals surface area contributed by atoms with E-state index in [4.69, 9.17) is 13.3 Å². The van der Waals surface area contributed by atoms with Crippen LogP contribution in [0.2, 0.25) is 6.55 Å². The molecule has 0 spiro atoms. The van der Waals surface area contributed by atoms with E-state index in [1.165, 1.54) is 0 Å². The molecule has 0 unspecified atom stereocenters.